The van der Waals surface area contributed by atoms with Gasteiger partial charge in [-0.25, -0.2) is 13.6 Å². The summed E-state index contributed by atoms with van der Waals surface area (Å²) >= 11 is 0. The van der Waals surface area contributed by atoms with Crippen molar-refractivity contribution in [1.82, 2.24) is 5.32 Å². The topological polar surface area (TPSA) is 105 Å². The largest absolute Gasteiger partial charge is 0.492 e. The van der Waals surface area contributed by atoms with Crippen molar-refractivity contribution in [3.63, 3.8) is 0 Å². The van der Waals surface area contributed by atoms with Crippen LogP contribution >= 0.6 is 0 Å². The Morgan fingerprint density at radius 1 is 1.40 bits per heavy atom. The number of nitrogens with one attached hydrogen (secondary N) is 1. The molecule has 3 N–H and O–H groups in total. The highest BCUT2D eigenvalue weighted by atomic mass is 32.2. The van der Waals surface area contributed by atoms with E-state index in [1.54, 1.807) is 12.1 Å². The molecule has 7 heteroatoms. The zero-order chi connectivity index (χ0) is 15.0. The molecule has 1 aromatic rings. The Balaban J connectivity index is 2.38. The Morgan fingerprint density at radius 2 is 2.05 bits per heavy atom. The molecule has 1 aromatic carbocycles. The highest BCUT2D eigenvalue weighted by Gasteiger charge is 2.07. The van der Waals surface area contributed by atoms with Crippen molar-refractivity contribution in [2.24, 2.45) is 5.14 Å². The predicted molar refractivity (Wildman–Crippen MR) is 75.6 cm³/mol. The van der Waals surface area contributed by atoms with Gasteiger partial charge in [0.25, 0.3) is 0 Å². The second-order valence-electron chi connectivity index (χ2n) is 4.29. The van der Waals surface area contributed by atoms with Crippen LogP contribution in [0.3, 0.4) is 0 Å². The van der Waals surface area contributed by atoms with Crippen molar-refractivity contribution >= 4 is 10.0 Å². The summed E-state index contributed by atoms with van der Waals surface area (Å²) in [6.45, 7) is 3.08. The summed E-state index contributed by atoms with van der Waals surface area (Å²) < 4.78 is 27.6. The first-order valence-corrected chi connectivity index (χ1v) is 7.88. The van der Waals surface area contributed by atoms with Crippen LogP contribution in [-0.4, -0.2) is 27.6 Å². The number of nitrogens with zero attached hydrogens (tertiary/aromatic N) is 1. The molecule has 0 radical (unpaired) electrons. The van der Waals surface area contributed by atoms with Gasteiger partial charge in [0.1, 0.15) is 12.4 Å². The molecule has 0 saturated carbocycles. The first-order valence-electron chi connectivity index (χ1n) is 6.33. The van der Waals surface area contributed by atoms with Gasteiger partial charge in [-0.1, -0.05) is 6.92 Å². The van der Waals surface area contributed by atoms with E-state index in [0.29, 0.717) is 25.3 Å². The molecule has 0 aliphatic heterocycles. The molecular weight excluding hydrogens is 278 g/mol. The maximum absolute atomic E-state index is 11.1. The molecule has 0 aliphatic rings. The van der Waals surface area contributed by atoms with Gasteiger partial charge in [0, 0.05) is 12.6 Å². The number of hydrogen-bond acceptors (Lipinski definition) is 5. The quantitative estimate of drug-likeness (QED) is 0.696. The highest BCUT2D eigenvalue weighted by Crippen LogP contribution is 2.14. The molecule has 6 nitrogen and oxygen atoms in total. The summed E-state index contributed by atoms with van der Waals surface area (Å²) in [5.74, 6) is 0.576. The van der Waals surface area contributed by atoms with Crippen molar-refractivity contribution in [3.8, 4) is 11.8 Å². The Kier molecular flexibility index (Phi) is 6.45. The lowest BCUT2D eigenvalue weighted by Gasteiger charge is -2.13. The van der Waals surface area contributed by atoms with Crippen LogP contribution in [0.5, 0.6) is 5.75 Å². The molecular formula is C13H19N3O3S. The Labute approximate surface area is 119 Å². The molecule has 0 amide bonds. The lowest BCUT2D eigenvalue weighted by molar-refractivity contribution is 0.304. The van der Waals surface area contributed by atoms with Gasteiger partial charge in [-0.05, 0) is 30.7 Å². The molecule has 0 aliphatic carbocycles. The molecule has 0 heterocycles. The van der Waals surface area contributed by atoms with E-state index in [1.165, 1.54) is 12.1 Å². The number of benzene rings is 1. The predicted octanol–water partition coefficient (Wildman–Crippen LogP) is 0.995. The van der Waals surface area contributed by atoms with Gasteiger partial charge in [0.15, 0.2) is 0 Å². The fraction of sp³-hybridized carbons (Fsp3) is 0.462. The standard InChI is InChI=1S/C13H19N3O3S/c1-2-11(7-8-14)16-9-10-19-12-3-5-13(6-4-12)20(15,17)18/h3-6,11,16H,2,7,9-10H2,1H3,(H2,15,17,18)/t11-/m0/s1. The molecule has 0 saturated heterocycles. The Morgan fingerprint density at radius 3 is 2.55 bits per heavy atom. The van der Waals surface area contributed by atoms with E-state index in [-0.39, 0.29) is 10.9 Å². The van der Waals surface area contributed by atoms with E-state index in [1.807, 2.05) is 6.92 Å². The van der Waals surface area contributed by atoms with Crippen LogP contribution in [0.1, 0.15) is 19.8 Å². The van der Waals surface area contributed by atoms with E-state index in [2.05, 4.69) is 11.4 Å². The van der Waals surface area contributed by atoms with Crippen LogP contribution in [0, 0.1) is 11.3 Å². The van der Waals surface area contributed by atoms with Crippen LogP contribution in [0.4, 0.5) is 0 Å². The molecule has 1 atom stereocenters. The highest BCUT2D eigenvalue weighted by molar-refractivity contribution is 7.89. The zero-order valence-corrected chi connectivity index (χ0v) is 12.2. The summed E-state index contributed by atoms with van der Waals surface area (Å²) in [6.07, 6.45) is 1.36. The SMILES string of the molecule is CC[C@@H](CC#N)NCCOc1ccc(S(N)(=O)=O)cc1. The Hall–Kier alpha value is -1.62. The fourth-order valence-electron chi connectivity index (χ4n) is 1.63. The fourth-order valence-corrected chi connectivity index (χ4v) is 2.14. The number of hydrogen-bond donors (Lipinski definition) is 2. The van der Waals surface area contributed by atoms with E-state index < -0.39 is 10.0 Å². The van der Waals surface area contributed by atoms with Crippen molar-refractivity contribution < 1.29 is 13.2 Å². The van der Waals surface area contributed by atoms with Crippen LogP contribution < -0.4 is 15.2 Å². The molecule has 1 rings (SSSR count). The molecule has 0 bridgehead atoms. The third kappa shape index (κ3) is 5.57. The number of rotatable bonds is 8. The summed E-state index contributed by atoms with van der Waals surface area (Å²) in [7, 11) is -3.66. The minimum atomic E-state index is -3.66. The summed E-state index contributed by atoms with van der Waals surface area (Å²) in [5, 5.41) is 16.8. The molecule has 0 spiro atoms. The molecule has 0 unspecified atom stereocenters. The summed E-state index contributed by atoms with van der Waals surface area (Å²) in [4.78, 5) is 0.0584. The molecule has 0 fully saturated rings. The second kappa shape index (κ2) is 7.85. The zero-order valence-electron chi connectivity index (χ0n) is 11.4. The van der Waals surface area contributed by atoms with E-state index in [4.69, 9.17) is 15.1 Å². The average molecular weight is 297 g/mol. The number of primary sulfonamides is 1. The van der Waals surface area contributed by atoms with Gasteiger partial charge in [0.05, 0.1) is 17.4 Å². The minimum Gasteiger partial charge on any atom is -0.492 e. The lowest BCUT2D eigenvalue weighted by atomic mass is 10.2. The monoisotopic (exact) mass is 297 g/mol. The molecule has 0 aromatic heterocycles. The van der Waals surface area contributed by atoms with Crippen molar-refractivity contribution in [1.29, 1.82) is 5.26 Å². The van der Waals surface area contributed by atoms with Crippen LogP contribution in [0.15, 0.2) is 29.2 Å². The van der Waals surface area contributed by atoms with E-state index >= 15 is 0 Å². The normalized spacial score (nSPS) is 12.7. The third-order valence-corrected chi connectivity index (χ3v) is 3.72. The van der Waals surface area contributed by atoms with Gasteiger partial charge in [0.2, 0.25) is 10.0 Å². The number of nitrogens with two attached hydrogens (primary N) is 1. The molecule has 110 valence electrons. The first kappa shape index (κ1) is 16.4. The number of nitriles is 1. The van der Waals surface area contributed by atoms with Gasteiger partial charge >= 0.3 is 0 Å². The van der Waals surface area contributed by atoms with Crippen LogP contribution in [-0.2, 0) is 10.0 Å². The van der Waals surface area contributed by atoms with E-state index in [0.717, 1.165) is 6.42 Å². The van der Waals surface area contributed by atoms with Crippen molar-refractivity contribution in [2.45, 2.75) is 30.7 Å². The van der Waals surface area contributed by atoms with Gasteiger partial charge in [-0.2, -0.15) is 5.26 Å². The maximum atomic E-state index is 11.1. The first-order chi connectivity index (χ1) is 9.47. The van der Waals surface area contributed by atoms with E-state index in [9.17, 15) is 8.42 Å². The Bertz CT molecular complexity index is 549. The van der Waals surface area contributed by atoms with Gasteiger partial charge < -0.3 is 10.1 Å². The van der Waals surface area contributed by atoms with Gasteiger partial charge in [-0.15, -0.1) is 0 Å². The van der Waals surface area contributed by atoms with Crippen LogP contribution in [0.25, 0.3) is 0 Å². The average Bonchev–Trinajstić information content (AvgIpc) is 2.42. The van der Waals surface area contributed by atoms with Crippen LogP contribution in [0.2, 0.25) is 0 Å². The number of sulfonamides is 1. The second-order valence-corrected chi connectivity index (χ2v) is 5.85. The minimum absolute atomic E-state index is 0.0584. The smallest absolute Gasteiger partial charge is 0.238 e. The number of ether oxygens (including phenoxy) is 1. The summed E-state index contributed by atoms with van der Waals surface area (Å²) in [5.41, 5.74) is 0. The van der Waals surface area contributed by atoms with Crippen molar-refractivity contribution in [2.75, 3.05) is 13.2 Å². The maximum Gasteiger partial charge on any atom is 0.238 e. The van der Waals surface area contributed by atoms with Gasteiger partial charge in [-0.3, -0.25) is 0 Å². The van der Waals surface area contributed by atoms with Crippen molar-refractivity contribution in [3.05, 3.63) is 24.3 Å². The lowest BCUT2D eigenvalue weighted by Crippen LogP contribution is -2.31. The third-order valence-electron chi connectivity index (χ3n) is 2.79. The summed E-state index contributed by atoms with van der Waals surface area (Å²) in [6, 6.07) is 8.23. The molecule has 20 heavy (non-hydrogen) atoms.